The Kier molecular flexibility index (Phi) is 17.8. The SMILES string of the molecule is CCCN(CCC)P(OCCC#N)O[C@H]1[C@@H](OCCOC)[C@H](n2cc(C)c(=O)[nH]c2=O)O[C@@H]1C(OC(C)=O)P(=O)(OCC)OCC. The number of nitriles is 1. The summed E-state index contributed by atoms with van der Waals surface area (Å²) in [7, 11) is -4.67. The molecule has 6 atom stereocenters. The summed E-state index contributed by atoms with van der Waals surface area (Å²) in [6.07, 6.45) is -2.05. The van der Waals surface area contributed by atoms with E-state index in [1.807, 2.05) is 18.5 Å². The van der Waals surface area contributed by atoms with Crippen LogP contribution in [0.15, 0.2) is 15.8 Å². The molecule has 1 fully saturated rings. The van der Waals surface area contributed by atoms with Gasteiger partial charge in [0.05, 0.1) is 45.5 Å². The van der Waals surface area contributed by atoms with Crippen molar-refractivity contribution in [1.82, 2.24) is 14.2 Å². The maximum atomic E-state index is 14.3. The summed E-state index contributed by atoms with van der Waals surface area (Å²) in [5.41, 5.74) is -1.17. The number of carbonyl (C=O) groups excluding carboxylic acids is 1. The molecule has 1 aromatic rings. The zero-order chi connectivity index (χ0) is 34.3. The second-order valence-electron chi connectivity index (χ2n) is 10.2. The lowest BCUT2D eigenvalue weighted by Crippen LogP contribution is -2.45. The van der Waals surface area contributed by atoms with Gasteiger partial charge in [-0.2, -0.15) is 5.26 Å². The Bertz CT molecular complexity index is 1270. The Balaban J connectivity index is 2.83. The van der Waals surface area contributed by atoms with Gasteiger partial charge in [-0.25, -0.2) is 9.46 Å². The molecule has 46 heavy (non-hydrogen) atoms. The van der Waals surface area contributed by atoms with Crippen LogP contribution in [0.2, 0.25) is 0 Å². The van der Waals surface area contributed by atoms with Crippen molar-refractivity contribution in [1.29, 1.82) is 5.26 Å². The maximum absolute atomic E-state index is 14.3. The lowest BCUT2D eigenvalue weighted by atomic mass is 10.1. The molecular weight excluding hydrogens is 646 g/mol. The molecule has 1 aromatic heterocycles. The van der Waals surface area contributed by atoms with Crippen molar-refractivity contribution < 1.29 is 46.4 Å². The van der Waals surface area contributed by atoms with E-state index in [1.54, 1.807) is 13.8 Å². The highest BCUT2D eigenvalue weighted by atomic mass is 31.2. The van der Waals surface area contributed by atoms with Crippen LogP contribution in [0, 0.1) is 18.3 Å². The van der Waals surface area contributed by atoms with Crippen LogP contribution in [-0.2, 0) is 46.4 Å². The predicted octanol–water partition coefficient (Wildman–Crippen LogP) is 3.59. The van der Waals surface area contributed by atoms with Gasteiger partial charge in [-0.15, -0.1) is 0 Å². The normalized spacial score (nSPS) is 21.3. The molecule has 18 heteroatoms. The Hall–Kier alpha value is -2.02. The minimum Gasteiger partial charge on any atom is -0.447 e. The van der Waals surface area contributed by atoms with E-state index in [1.165, 1.54) is 20.2 Å². The molecule has 0 saturated carbocycles. The molecule has 0 bridgehead atoms. The van der Waals surface area contributed by atoms with Crippen molar-refractivity contribution in [2.24, 2.45) is 0 Å². The molecule has 2 unspecified atom stereocenters. The highest BCUT2D eigenvalue weighted by Crippen LogP contribution is 2.59. The lowest BCUT2D eigenvalue weighted by molar-refractivity contribution is -0.153. The van der Waals surface area contributed by atoms with Crippen LogP contribution >= 0.6 is 16.1 Å². The number of nitrogens with zero attached hydrogens (tertiary/aromatic N) is 3. The quantitative estimate of drug-likeness (QED) is 0.105. The predicted molar refractivity (Wildman–Crippen MR) is 168 cm³/mol. The molecule has 2 rings (SSSR count). The Labute approximate surface area is 271 Å². The van der Waals surface area contributed by atoms with E-state index in [0.717, 1.165) is 24.3 Å². The van der Waals surface area contributed by atoms with Crippen molar-refractivity contribution >= 4 is 22.1 Å². The molecular formula is C28H48N4O12P2. The Morgan fingerprint density at radius 1 is 1.13 bits per heavy atom. The number of rotatable bonds is 22. The summed E-state index contributed by atoms with van der Waals surface area (Å²) in [6.45, 7) is 11.2. The van der Waals surface area contributed by atoms with Crippen molar-refractivity contribution in [3.63, 3.8) is 0 Å². The number of carbonyl (C=O) groups is 1. The molecule has 0 spiro atoms. The van der Waals surface area contributed by atoms with Crippen LogP contribution in [0.4, 0.5) is 0 Å². The Morgan fingerprint density at radius 3 is 2.33 bits per heavy atom. The number of nitrogens with one attached hydrogen (secondary N) is 1. The maximum Gasteiger partial charge on any atom is 0.373 e. The van der Waals surface area contributed by atoms with Crippen LogP contribution in [0.5, 0.6) is 0 Å². The summed E-state index contributed by atoms with van der Waals surface area (Å²) in [5.74, 6) is -2.45. The molecule has 1 N–H and O–H groups in total. The number of H-pyrrole nitrogens is 1. The first-order valence-corrected chi connectivity index (χ1v) is 18.1. The number of hydrogen-bond donors (Lipinski definition) is 1. The largest absolute Gasteiger partial charge is 0.447 e. The molecule has 1 aliphatic rings. The first-order valence-electron chi connectivity index (χ1n) is 15.4. The van der Waals surface area contributed by atoms with Gasteiger partial charge in [-0.05, 0) is 33.6 Å². The third-order valence-corrected chi connectivity index (χ3v) is 10.5. The molecule has 262 valence electrons. The fourth-order valence-electron chi connectivity index (χ4n) is 4.73. The van der Waals surface area contributed by atoms with E-state index < -0.39 is 63.7 Å². The van der Waals surface area contributed by atoms with Crippen molar-refractivity contribution in [3.8, 4) is 6.07 Å². The van der Waals surface area contributed by atoms with E-state index in [0.29, 0.717) is 13.1 Å². The number of aryl methyl sites for hydroxylation is 1. The number of hydrogen-bond acceptors (Lipinski definition) is 14. The van der Waals surface area contributed by atoms with Crippen molar-refractivity contribution in [3.05, 3.63) is 32.6 Å². The van der Waals surface area contributed by atoms with Crippen molar-refractivity contribution in [2.75, 3.05) is 53.2 Å². The van der Waals surface area contributed by atoms with Crippen LogP contribution in [0.25, 0.3) is 0 Å². The fourth-order valence-corrected chi connectivity index (χ4v) is 8.47. The van der Waals surface area contributed by atoms with Gasteiger partial charge in [-0.1, -0.05) is 13.8 Å². The van der Waals surface area contributed by atoms with E-state index in [9.17, 15) is 24.2 Å². The van der Waals surface area contributed by atoms with E-state index in [4.69, 9.17) is 37.0 Å². The van der Waals surface area contributed by atoms with Gasteiger partial charge in [0.1, 0.15) is 18.3 Å². The van der Waals surface area contributed by atoms with E-state index in [-0.39, 0.29) is 45.0 Å². The van der Waals surface area contributed by atoms with Crippen LogP contribution in [0.1, 0.15) is 65.7 Å². The van der Waals surface area contributed by atoms with Gasteiger partial charge in [0.25, 0.3) is 14.1 Å². The van der Waals surface area contributed by atoms with Gasteiger partial charge in [0.2, 0.25) is 5.85 Å². The fraction of sp³-hybridized carbons (Fsp3) is 0.786. The van der Waals surface area contributed by atoms with Gasteiger partial charge < -0.3 is 37.0 Å². The zero-order valence-corrected chi connectivity index (χ0v) is 29.5. The Morgan fingerprint density at radius 2 is 1.78 bits per heavy atom. The molecule has 0 radical (unpaired) electrons. The second-order valence-corrected chi connectivity index (χ2v) is 13.8. The smallest absolute Gasteiger partial charge is 0.373 e. The van der Waals surface area contributed by atoms with E-state index >= 15 is 0 Å². The molecule has 16 nitrogen and oxygen atoms in total. The summed E-state index contributed by atoms with van der Waals surface area (Å²) in [6, 6.07) is 2.06. The molecule has 2 heterocycles. The van der Waals surface area contributed by atoms with Crippen molar-refractivity contribution in [2.45, 2.75) is 91.2 Å². The number of ether oxygens (including phenoxy) is 4. The average Bonchev–Trinajstić information content (AvgIpc) is 3.34. The number of methoxy groups -OCH3 is 1. The summed E-state index contributed by atoms with van der Waals surface area (Å²) >= 11 is 0. The van der Waals surface area contributed by atoms with Crippen LogP contribution in [0.3, 0.4) is 0 Å². The highest BCUT2D eigenvalue weighted by Gasteiger charge is 2.58. The average molecular weight is 695 g/mol. The molecule has 0 amide bonds. The minimum atomic E-state index is -4.26. The molecule has 0 aromatic carbocycles. The lowest BCUT2D eigenvalue weighted by Gasteiger charge is -2.36. The van der Waals surface area contributed by atoms with Crippen LogP contribution in [-0.4, -0.2) is 97.6 Å². The highest BCUT2D eigenvalue weighted by molar-refractivity contribution is 7.54. The van der Waals surface area contributed by atoms with Gasteiger partial charge in [0, 0.05) is 38.9 Å². The van der Waals surface area contributed by atoms with Crippen LogP contribution < -0.4 is 11.2 Å². The summed E-state index contributed by atoms with van der Waals surface area (Å²) < 4.78 is 64.9. The minimum absolute atomic E-state index is 0.0261. The second kappa shape index (κ2) is 20.4. The summed E-state index contributed by atoms with van der Waals surface area (Å²) in [4.78, 5) is 40.1. The zero-order valence-electron chi connectivity index (χ0n) is 27.7. The van der Waals surface area contributed by atoms with E-state index in [2.05, 4.69) is 11.1 Å². The number of aromatic amines is 1. The first-order chi connectivity index (χ1) is 22.0. The third kappa shape index (κ3) is 11.0. The topological polar surface area (TPSA) is 190 Å². The molecule has 0 aliphatic carbocycles. The standard InChI is InChI=1S/C28H48N4O12P2/c1-8-14-31(15-9-2)45(39-16-12-13-29)44-22-23(38-18-17-37-7)26(32-19-20(5)25(34)30-28(32)35)43-24(22)27(42-21(6)33)46(36,40-10-3)41-11-4/h19,22-24,26-27H,8-12,14-18H2,1-7H3,(H,30,34,35)/t22-,23+,24-,26+,27?,45?/m0/s1. The monoisotopic (exact) mass is 694 g/mol. The van der Waals surface area contributed by atoms with Gasteiger partial charge in [0.15, 0.2) is 6.23 Å². The number of aromatic nitrogens is 2. The van der Waals surface area contributed by atoms with Gasteiger partial charge >= 0.3 is 19.3 Å². The van der Waals surface area contributed by atoms with Gasteiger partial charge in [-0.3, -0.25) is 23.7 Å². The molecule has 1 saturated heterocycles. The third-order valence-electron chi connectivity index (χ3n) is 6.56. The first kappa shape index (κ1) is 40.2. The summed E-state index contributed by atoms with van der Waals surface area (Å²) in [5, 5.41) is 9.20. The molecule has 1 aliphatic heterocycles. The number of esters is 1.